The number of ketones is 1. The fourth-order valence-corrected chi connectivity index (χ4v) is 4.71. The van der Waals surface area contributed by atoms with Crippen LogP contribution in [0.2, 0.25) is 0 Å². The predicted molar refractivity (Wildman–Crippen MR) is 157 cm³/mol. The zero-order chi connectivity index (χ0) is 32.1. The Labute approximate surface area is 253 Å². The molecule has 0 N–H and O–H groups in total. The van der Waals surface area contributed by atoms with E-state index < -0.39 is 41.6 Å². The number of carbonyl (C=O) groups excluding carboxylic acids is 3. The largest absolute Gasteiger partial charge is 0.465 e. The Bertz CT molecular complexity index is 1610. The molecule has 0 aliphatic carbocycles. The van der Waals surface area contributed by atoms with Crippen LogP contribution in [0.4, 0.5) is 23.7 Å². The van der Waals surface area contributed by atoms with E-state index >= 15 is 0 Å². The number of esters is 1. The van der Waals surface area contributed by atoms with E-state index in [0.717, 1.165) is 0 Å². The second kappa shape index (κ2) is 13.2. The van der Waals surface area contributed by atoms with Crippen LogP contribution >= 0.6 is 0 Å². The normalized spacial score (nSPS) is 13.5. The molecule has 1 aromatic heterocycles. The summed E-state index contributed by atoms with van der Waals surface area (Å²) in [5, 5.41) is 0. The van der Waals surface area contributed by atoms with Gasteiger partial charge in [0.25, 0.3) is 0 Å². The van der Waals surface area contributed by atoms with Gasteiger partial charge in [-0.05, 0) is 50.6 Å². The number of hydrogen-bond donors (Lipinski definition) is 0. The molecule has 3 aromatic rings. The highest BCUT2D eigenvalue weighted by atomic mass is 19.4. The van der Waals surface area contributed by atoms with E-state index in [9.17, 15) is 27.6 Å². The van der Waals surface area contributed by atoms with Gasteiger partial charge in [0.1, 0.15) is 5.60 Å². The smallest absolute Gasteiger partial charge is 0.418 e. The summed E-state index contributed by atoms with van der Waals surface area (Å²) < 4.78 is 53.5. The lowest BCUT2D eigenvalue weighted by atomic mass is 9.95. The van der Waals surface area contributed by atoms with E-state index in [0.29, 0.717) is 11.1 Å². The van der Waals surface area contributed by atoms with Crippen molar-refractivity contribution in [2.75, 3.05) is 38.2 Å². The quantitative estimate of drug-likeness (QED) is 0.207. The second-order valence-electron chi connectivity index (χ2n) is 11.1. The van der Waals surface area contributed by atoms with E-state index in [-0.39, 0.29) is 48.6 Å². The third kappa shape index (κ3) is 8.16. The van der Waals surface area contributed by atoms with Crippen LogP contribution in [0.5, 0.6) is 0 Å². The Morgan fingerprint density at radius 2 is 1.55 bits per heavy atom. The third-order valence-electron chi connectivity index (χ3n) is 6.73. The predicted octanol–water partition coefficient (Wildman–Crippen LogP) is 5.77. The number of carbonyl (C=O) groups is 3. The Hall–Kier alpha value is -4.85. The van der Waals surface area contributed by atoms with Gasteiger partial charge in [0.2, 0.25) is 0 Å². The number of ether oxygens (including phenoxy) is 2. The topological polar surface area (TPSA) is 89.0 Å². The summed E-state index contributed by atoms with van der Waals surface area (Å²) in [6.07, 6.45) is -2.87. The van der Waals surface area contributed by atoms with Gasteiger partial charge >= 0.3 is 18.2 Å². The van der Waals surface area contributed by atoms with E-state index in [1.165, 1.54) is 60.8 Å². The lowest BCUT2D eigenvalue weighted by Gasteiger charge is -2.38. The van der Waals surface area contributed by atoms with Crippen molar-refractivity contribution < 1.29 is 37.0 Å². The molecule has 0 atom stereocenters. The van der Waals surface area contributed by atoms with E-state index in [4.69, 9.17) is 4.74 Å². The van der Waals surface area contributed by atoms with Crippen molar-refractivity contribution in [3.05, 3.63) is 94.3 Å². The molecule has 44 heavy (non-hydrogen) atoms. The monoisotopic (exact) mass is 607 g/mol. The highest BCUT2D eigenvalue weighted by Gasteiger charge is 2.39. The Kier molecular flexibility index (Phi) is 9.62. The van der Waals surface area contributed by atoms with Crippen LogP contribution in [0, 0.1) is 11.8 Å². The number of methoxy groups -OCH3 is 1. The Morgan fingerprint density at radius 3 is 2.20 bits per heavy atom. The second-order valence-corrected chi connectivity index (χ2v) is 11.1. The minimum atomic E-state index is -4.71. The van der Waals surface area contributed by atoms with Crippen molar-refractivity contribution in [1.29, 1.82) is 0 Å². The summed E-state index contributed by atoms with van der Waals surface area (Å²) in [4.78, 5) is 44.4. The number of nitrogens with zero attached hydrogens (tertiary/aromatic N) is 3. The molecule has 0 saturated carbocycles. The van der Waals surface area contributed by atoms with Crippen molar-refractivity contribution in [3.8, 4) is 11.8 Å². The highest BCUT2D eigenvalue weighted by molar-refractivity contribution is 5.98. The maximum Gasteiger partial charge on any atom is 0.418 e. The molecule has 1 fully saturated rings. The molecule has 0 bridgehead atoms. The number of amides is 1. The molecule has 0 spiro atoms. The summed E-state index contributed by atoms with van der Waals surface area (Å²) in [7, 11) is 1.26. The number of aromatic nitrogens is 1. The van der Waals surface area contributed by atoms with Crippen LogP contribution in [0.25, 0.3) is 0 Å². The lowest BCUT2D eigenvalue weighted by Crippen LogP contribution is -2.50. The van der Waals surface area contributed by atoms with Crippen molar-refractivity contribution in [3.63, 3.8) is 0 Å². The summed E-state index contributed by atoms with van der Waals surface area (Å²) in [5.41, 5.74) is -0.368. The van der Waals surface area contributed by atoms with Crippen molar-refractivity contribution >= 4 is 23.5 Å². The molecule has 1 aliphatic heterocycles. The fourth-order valence-electron chi connectivity index (χ4n) is 4.71. The number of piperazine rings is 1. The molecule has 4 rings (SSSR count). The lowest BCUT2D eigenvalue weighted by molar-refractivity contribution is -0.137. The standard InChI is InChI=1S/C33H32F3N3O5/c1-32(2,3)44-31(42)39-15-13-38(14-16-39)27-10-6-9-25(29(27)33(34,35)36)19-28(40)24-8-5-7-22(17-24)11-12-23-18-26(21-37-20-23)30(41)43-4/h5-10,17-18,20-21H,13-16,19H2,1-4H3. The molecule has 0 unspecified atom stereocenters. The van der Waals surface area contributed by atoms with Crippen LogP contribution in [-0.4, -0.2) is 66.6 Å². The number of pyridine rings is 1. The number of benzene rings is 2. The van der Waals surface area contributed by atoms with Gasteiger partial charge in [0.15, 0.2) is 5.78 Å². The van der Waals surface area contributed by atoms with Gasteiger partial charge in [-0.1, -0.05) is 36.1 Å². The minimum Gasteiger partial charge on any atom is -0.465 e. The molecule has 230 valence electrons. The zero-order valence-corrected chi connectivity index (χ0v) is 24.8. The number of halogens is 3. The maximum absolute atomic E-state index is 14.5. The first kappa shape index (κ1) is 32.1. The van der Waals surface area contributed by atoms with Crippen molar-refractivity contribution in [1.82, 2.24) is 9.88 Å². The summed E-state index contributed by atoms with van der Waals surface area (Å²) in [6.45, 7) is 6.01. The van der Waals surface area contributed by atoms with Crippen LogP contribution in [-0.2, 0) is 22.1 Å². The third-order valence-corrected chi connectivity index (χ3v) is 6.73. The number of Topliss-reactive ketones (excluding diaryl/α,β-unsaturated/α-hetero) is 1. The fraction of sp³-hybridized carbons (Fsp3) is 0.333. The number of alkyl halides is 3. The Morgan fingerprint density at radius 1 is 0.886 bits per heavy atom. The average Bonchev–Trinajstić information content (AvgIpc) is 2.98. The van der Waals surface area contributed by atoms with E-state index in [2.05, 4.69) is 21.6 Å². The molecular weight excluding hydrogens is 575 g/mol. The van der Waals surface area contributed by atoms with Gasteiger partial charge < -0.3 is 19.3 Å². The summed E-state index contributed by atoms with van der Waals surface area (Å²) >= 11 is 0. The van der Waals surface area contributed by atoms with E-state index in [1.807, 2.05) is 0 Å². The zero-order valence-electron chi connectivity index (χ0n) is 24.8. The SMILES string of the molecule is COC(=O)c1cncc(C#Cc2cccc(C(=O)Cc3cccc(N4CCN(C(=O)OC(C)(C)C)CC4)c3C(F)(F)F)c2)c1. The van der Waals surface area contributed by atoms with Gasteiger partial charge in [-0.3, -0.25) is 9.78 Å². The number of anilines is 1. The first-order chi connectivity index (χ1) is 20.7. The first-order valence-electron chi connectivity index (χ1n) is 13.9. The van der Waals surface area contributed by atoms with Crippen LogP contribution in [0.1, 0.15) is 63.7 Å². The molecule has 1 amide bonds. The van der Waals surface area contributed by atoms with Crippen molar-refractivity contribution in [2.45, 2.75) is 39.0 Å². The van der Waals surface area contributed by atoms with E-state index in [1.54, 1.807) is 37.8 Å². The summed E-state index contributed by atoms with van der Waals surface area (Å²) in [5.74, 6) is 4.71. The van der Waals surface area contributed by atoms with Gasteiger partial charge in [-0.25, -0.2) is 9.59 Å². The molecule has 0 radical (unpaired) electrons. The first-order valence-corrected chi connectivity index (χ1v) is 13.9. The highest BCUT2D eigenvalue weighted by Crippen LogP contribution is 2.40. The van der Waals surface area contributed by atoms with Gasteiger partial charge in [0, 0.05) is 67.4 Å². The van der Waals surface area contributed by atoms with Gasteiger partial charge in [-0.15, -0.1) is 0 Å². The molecule has 1 saturated heterocycles. The molecule has 2 aromatic carbocycles. The maximum atomic E-state index is 14.5. The van der Waals surface area contributed by atoms with Crippen molar-refractivity contribution in [2.24, 2.45) is 0 Å². The van der Waals surface area contributed by atoms with Gasteiger partial charge in [-0.2, -0.15) is 13.2 Å². The number of rotatable bonds is 5. The molecule has 11 heteroatoms. The van der Waals surface area contributed by atoms with Crippen LogP contribution in [0.15, 0.2) is 60.9 Å². The Balaban J connectivity index is 1.53. The average molecular weight is 608 g/mol. The number of hydrogen-bond acceptors (Lipinski definition) is 7. The molecule has 1 aliphatic rings. The van der Waals surface area contributed by atoms with Crippen LogP contribution < -0.4 is 4.90 Å². The molecular formula is C33H32F3N3O5. The molecule has 8 nitrogen and oxygen atoms in total. The minimum absolute atomic E-state index is 0.0333. The van der Waals surface area contributed by atoms with Crippen LogP contribution in [0.3, 0.4) is 0 Å². The molecule has 2 heterocycles. The summed E-state index contributed by atoms with van der Waals surface area (Å²) in [6, 6.07) is 12.0. The van der Waals surface area contributed by atoms with Gasteiger partial charge in [0.05, 0.1) is 18.2 Å².